The molecule has 0 aliphatic heterocycles. The van der Waals surface area contributed by atoms with Gasteiger partial charge in [0.15, 0.2) is 0 Å². The van der Waals surface area contributed by atoms with Gasteiger partial charge in [-0.25, -0.2) is 17.6 Å². The number of alkyl halides is 12. The molecule has 0 spiro atoms. The van der Waals surface area contributed by atoms with E-state index in [0.29, 0.717) is 20.1 Å². The van der Waals surface area contributed by atoms with E-state index in [1.54, 1.807) is 146 Å². The van der Waals surface area contributed by atoms with E-state index in [-0.39, 0.29) is 23.3 Å². The van der Waals surface area contributed by atoms with Crippen molar-refractivity contribution < 1.29 is 17.6 Å². The summed E-state index contributed by atoms with van der Waals surface area (Å²) in [5.74, 6) is -3.28. The van der Waals surface area contributed by atoms with Crippen LogP contribution in [0.4, 0.5) is 17.6 Å². The summed E-state index contributed by atoms with van der Waals surface area (Å²) in [4.78, 5) is 0. The molecule has 0 aliphatic rings. The Labute approximate surface area is 518 Å². The average Bonchev–Trinajstić information content (AvgIpc) is 3.33. The molecule has 0 bridgehead atoms. The van der Waals surface area contributed by atoms with Crippen LogP contribution >= 0.6 is 186 Å². The minimum atomic E-state index is -1.54. The van der Waals surface area contributed by atoms with Crippen LogP contribution in [-0.2, 0) is 0 Å². The predicted molar refractivity (Wildman–Crippen MR) is 320 cm³/mol. The van der Waals surface area contributed by atoms with E-state index in [2.05, 4.69) is 0 Å². The zero-order valence-corrected chi connectivity index (χ0v) is 50.4. The van der Waals surface area contributed by atoms with Gasteiger partial charge in [0, 0.05) is 20.1 Å². The van der Waals surface area contributed by atoms with Crippen molar-refractivity contribution >= 4 is 186 Å². The number of benzene rings is 8. The molecule has 0 saturated heterocycles. The normalized spacial score (nSPS) is 13.3. The Morgan fingerprint density at radius 1 is 0.197 bits per heavy atom. The summed E-state index contributed by atoms with van der Waals surface area (Å²) in [5.41, 5.74) is 6.11. The molecule has 4 atom stereocenters. The van der Waals surface area contributed by atoms with Crippen molar-refractivity contribution in [1.29, 1.82) is 0 Å². The van der Waals surface area contributed by atoms with Crippen LogP contribution in [0.2, 0.25) is 20.1 Å². The molecule has 0 nitrogen and oxygen atoms in total. The van der Waals surface area contributed by atoms with Gasteiger partial charge in [0.2, 0.25) is 15.2 Å². The maximum Gasteiger partial charge on any atom is 0.201 e. The monoisotopic (exact) mass is 1340 g/mol. The average molecular weight is 1350 g/mol. The highest BCUT2D eigenvalue weighted by Crippen LogP contribution is 2.49. The Balaban J connectivity index is 0.000000187. The molecule has 0 aromatic heterocycles. The van der Waals surface area contributed by atoms with Gasteiger partial charge in [0.1, 0.15) is 23.3 Å². The van der Waals surface area contributed by atoms with Gasteiger partial charge in [-0.1, -0.05) is 283 Å². The van der Waals surface area contributed by atoms with E-state index in [1.807, 2.05) is 0 Å². The Kier molecular flexibility index (Phi) is 25.0. The summed E-state index contributed by atoms with van der Waals surface area (Å²) in [6, 6.07) is 51.7. The number of rotatable bonds is 8. The van der Waals surface area contributed by atoms with Crippen LogP contribution in [0.1, 0.15) is 68.2 Å². The summed E-state index contributed by atoms with van der Waals surface area (Å²) >= 11 is 96.0. The van der Waals surface area contributed by atoms with E-state index < -0.39 is 38.8 Å². The molecule has 0 radical (unpaired) electrons. The second kappa shape index (κ2) is 29.2. The SMILES string of the molecule is Fc1ccc([C@@H](c2ccc(Cl)cc2)C(Cl)(Cl)Cl)cc1.Fc1ccc([C@@H](c2ccc(Cl)cc2)C(Cl)(Cl)Cl)cc1.Fc1ccc([C@H](c2ccc(Cl)cc2)C(Cl)(Cl)Cl)cc1.Fc1ccc([C@H](c2ccc(Cl)cc2)C(Cl)(Cl)Cl)cc1. The highest BCUT2D eigenvalue weighted by Gasteiger charge is 2.38. The largest absolute Gasteiger partial charge is 0.207 e. The molecule has 8 rings (SSSR count). The minimum absolute atomic E-state index is 0.331. The number of halogens is 20. The third kappa shape index (κ3) is 20.3. The molecule has 0 unspecified atom stereocenters. The van der Waals surface area contributed by atoms with Gasteiger partial charge < -0.3 is 0 Å². The maximum absolute atomic E-state index is 13.0. The molecule has 8 aromatic carbocycles. The summed E-state index contributed by atoms with van der Waals surface area (Å²) < 4.78 is 45.8. The lowest BCUT2D eigenvalue weighted by molar-refractivity contribution is 0.625. The van der Waals surface area contributed by atoms with Gasteiger partial charge in [-0.2, -0.15) is 0 Å². The van der Waals surface area contributed by atoms with Crippen molar-refractivity contribution in [3.8, 4) is 0 Å². The third-order valence-electron chi connectivity index (χ3n) is 10.9. The lowest BCUT2D eigenvalue weighted by Crippen LogP contribution is -2.18. The van der Waals surface area contributed by atoms with Crippen molar-refractivity contribution in [1.82, 2.24) is 0 Å². The Hall–Kier alpha value is -1.88. The zero-order chi connectivity index (χ0) is 56.2. The van der Waals surface area contributed by atoms with Gasteiger partial charge in [0.25, 0.3) is 0 Å². The van der Waals surface area contributed by atoms with Crippen LogP contribution in [0.15, 0.2) is 194 Å². The van der Waals surface area contributed by atoms with E-state index in [1.165, 1.54) is 48.5 Å². The van der Waals surface area contributed by atoms with Gasteiger partial charge in [-0.15, -0.1) is 0 Å². The minimum Gasteiger partial charge on any atom is -0.207 e. The molecule has 0 fully saturated rings. The van der Waals surface area contributed by atoms with Crippen molar-refractivity contribution in [3.63, 3.8) is 0 Å². The van der Waals surface area contributed by atoms with Crippen LogP contribution < -0.4 is 0 Å². The quantitative estimate of drug-likeness (QED) is 0.105. The van der Waals surface area contributed by atoms with Crippen molar-refractivity contribution in [2.75, 3.05) is 0 Å². The fourth-order valence-corrected chi connectivity index (χ4v) is 11.1. The second-order valence-electron chi connectivity index (χ2n) is 16.3. The first-order chi connectivity index (χ1) is 35.5. The maximum atomic E-state index is 13.0. The van der Waals surface area contributed by atoms with E-state index in [0.717, 1.165) is 44.5 Å². The number of hydrogen-bond acceptors (Lipinski definition) is 0. The predicted octanol–water partition coefficient (Wildman–Crippen LogP) is 23.9. The van der Waals surface area contributed by atoms with Gasteiger partial charge >= 0.3 is 0 Å². The topological polar surface area (TPSA) is 0 Å². The van der Waals surface area contributed by atoms with Crippen LogP contribution in [0.3, 0.4) is 0 Å². The molecule has 0 saturated carbocycles. The van der Waals surface area contributed by atoms with Crippen LogP contribution in [0.25, 0.3) is 0 Å². The van der Waals surface area contributed by atoms with Crippen LogP contribution in [-0.4, -0.2) is 15.2 Å². The molecular formula is C56H36Cl16F4. The Morgan fingerprint density at radius 2 is 0.303 bits per heavy atom. The Morgan fingerprint density at radius 3 is 0.408 bits per heavy atom. The van der Waals surface area contributed by atoms with Crippen molar-refractivity contribution in [2.24, 2.45) is 0 Å². The van der Waals surface area contributed by atoms with Crippen molar-refractivity contribution in [2.45, 2.75) is 38.8 Å². The zero-order valence-electron chi connectivity index (χ0n) is 38.3. The van der Waals surface area contributed by atoms with Gasteiger partial charge in [-0.05, 0) is 142 Å². The summed E-state index contributed by atoms with van der Waals surface area (Å²) in [7, 11) is 0. The first-order valence-corrected chi connectivity index (χ1v) is 27.9. The Bertz CT molecular complexity index is 2410. The first-order valence-electron chi connectivity index (χ1n) is 21.8. The van der Waals surface area contributed by atoms with Crippen LogP contribution in [0, 0.1) is 23.3 Å². The highest BCUT2D eigenvalue weighted by molar-refractivity contribution is 6.69. The van der Waals surface area contributed by atoms with Gasteiger partial charge in [-0.3, -0.25) is 0 Å². The molecular weight excluding hydrogens is 1320 g/mol. The van der Waals surface area contributed by atoms with Gasteiger partial charge in [0.05, 0.1) is 23.7 Å². The fourth-order valence-electron chi connectivity index (χ4n) is 7.52. The molecule has 0 amide bonds. The third-order valence-corrected chi connectivity index (χ3v) is 14.6. The lowest BCUT2D eigenvalue weighted by atomic mass is 9.92. The smallest absolute Gasteiger partial charge is 0.201 e. The van der Waals surface area contributed by atoms with E-state index in [9.17, 15) is 17.6 Å². The summed E-state index contributed by atoms with van der Waals surface area (Å²) in [6.07, 6.45) is 0. The molecule has 0 aliphatic carbocycles. The highest BCUT2D eigenvalue weighted by atomic mass is 35.6. The molecule has 400 valence electrons. The van der Waals surface area contributed by atoms with E-state index in [4.69, 9.17) is 186 Å². The number of hydrogen-bond donors (Lipinski definition) is 0. The summed E-state index contributed by atoms with van der Waals surface area (Å²) in [6.45, 7) is 0. The first kappa shape index (κ1) is 64.9. The molecule has 20 heteroatoms. The lowest BCUT2D eigenvalue weighted by Gasteiger charge is -2.25. The molecule has 76 heavy (non-hydrogen) atoms. The molecule has 8 aromatic rings. The van der Waals surface area contributed by atoms with E-state index >= 15 is 0 Å². The molecule has 0 heterocycles. The standard InChI is InChI=1S/4C14H9Cl4F/c4*15-11-5-1-9(2-6-11)13(14(16,17)18)10-3-7-12(19)8-4-10/h4*1-8,13H/t4*13-/m1100/s1. The fraction of sp³-hybridized carbons (Fsp3) is 0.143. The van der Waals surface area contributed by atoms with Crippen molar-refractivity contribution in [3.05, 3.63) is 282 Å². The second-order valence-corrected chi connectivity index (χ2v) is 27.5. The van der Waals surface area contributed by atoms with Crippen LogP contribution in [0.5, 0.6) is 0 Å². The molecule has 0 N–H and O–H groups in total. The summed E-state index contributed by atoms with van der Waals surface area (Å²) in [5, 5.41) is 2.41.